The van der Waals surface area contributed by atoms with Crippen LogP contribution in [-0.2, 0) is 9.59 Å². The van der Waals surface area contributed by atoms with Gasteiger partial charge in [-0.1, -0.05) is 36.7 Å². The molecule has 0 aliphatic carbocycles. The molecular weight excluding hydrogens is 452 g/mol. The molecule has 1 fully saturated rings. The van der Waals surface area contributed by atoms with Crippen LogP contribution in [0.1, 0.15) is 25.8 Å². The molecule has 3 rings (SSSR count). The summed E-state index contributed by atoms with van der Waals surface area (Å²) in [4.78, 5) is 38.5. The van der Waals surface area contributed by atoms with E-state index in [2.05, 4.69) is 5.32 Å². The molecule has 1 saturated heterocycles. The van der Waals surface area contributed by atoms with E-state index in [4.69, 9.17) is 21.1 Å². The molecular formula is C23H23ClN2O5S. The number of anilines is 1. The van der Waals surface area contributed by atoms with Gasteiger partial charge in [-0.05, 0) is 61.0 Å². The summed E-state index contributed by atoms with van der Waals surface area (Å²) in [6.07, 6.45) is 2.29. The average Bonchev–Trinajstić information content (AvgIpc) is 3.03. The van der Waals surface area contributed by atoms with Crippen LogP contribution in [0.15, 0.2) is 47.4 Å². The van der Waals surface area contributed by atoms with E-state index < -0.39 is 17.1 Å². The van der Waals surface area contributed by atoms with Crippen molar-refractivity contribution in [3.8, 4) is 11.5 Å². The number of nitrogens with one attached hydrogen (secondary N) is 1. The summed E-state index contributed by atoms with van der Waals surface area (Å²) >= 11 is 7.15. The van der Waals surface area contributed by atoms with Crippen LogP contribution in [0, 0.1) is 0 Å². The first-order chi connectivity index (χ1) is 15.3. The lowest BCUT2D eigenvalue weighted by molar-refractivity contribution is -0.127. The Kier molecular flexibility index (Phi) is 7.82. The van der Waals surface area contributed by atoms with E-state index in [1.54, 1.807) is 42.5 Å². The fourth-order valence-electron chi connectivity index (χ4n) is 2.88. The van der Waals surface area contributed by atoms with E-state index in [1.807, 2.05) is 19.9 Å². The number of amides is 3. The number of para-hydroxylation sites is 1. The second-order valence-electron chi connectivity index (χ2n) is 7.05. The van der Waals surface area contributed by atoms with Gasteiger partial charge in [0.1, 0.15) is 6.54 Å². The highest BCUT2D eigenvalue weighted by atomic mass is 35.5. The molecule has 1 unspecified atom stereocenters. The highest BCUT2D eigenvalue weighted by Gasteiger charge is 2.36. The molecule has 1 heterocycles. The van der Waals surface area contributed by atoms with Crippen LogP contribution in [0.25, 0.3) is 6.08 Å². The summed E-state index contributed by atoms with van der Waals surface area (Å²) < 4.78 is 11.2. The number of hydrogen-bond donors (Lipinski definition) is 1. The molecule has 168 valence electrons. The molecule has 0 spiro atoms. The van der Waals surface area contributed by atoms with Crippen molar-refractivity contribution in [2.75, 3.05) is 19.0 Å². The molecule has 0 aromatic heterocycles. The topological polar surface area (TPSA) is 84.9 Å². The van der Waals surface area contributed by atoms with Crippen LogP contribution in [0.2, 0.25) is 5.02 Å². The van der Waals surface area contributed by atoms with E-state index in [-0.39, 0.29) is 17.6 Å². The fraction of sp³-hybridized carbons (Fsp3) is 0.261. The molecule has 1 aliphatic rings. The van der Waals surface area contributed by atoms with Crippen molar-refractivity contribution >= 4 is 52.2 Å². The molecule has 32 heavy (non-hydrogen) atoms. The van der Waals surface area contributed by atoms with E-state index in [1.165, 1.54) is 7.11 Å². The Morgan fingerprint density at radius 3 is 2.62 bits per heavy atom. The number of rotatable bonds is 8. The Hall–Kier alpha value is -2.97. The third-order valence-corrected chi connectivity index (χ3v) is 5.86. The minimum atomic E-state index is -0.543. The zero-order chi connectivity index (χ0) is 23.3. The Bertz CT molecular complexity index is 1060. The van der Waals surface area contributed by atoms with E-state index >= 15 is 0 Å². The number of carbonyl (C=O) groups excluding carboxylic acids is 3. The van der Waals surface area contributed by atoms with Crippen LogP contribution >= 0.6 is 23.4 Å². The lowest BCUT2D eigenvalue weighted by atomic mass is 10.1. The quantitative estimate of drug-likeness (QED) is 0.529. The summed E-state index contributed by atoms with van der Waals surface area (Å²) in [6, 6.07) is 12.1. The number of benzene rings is 2. The SMILES string of the molecule is CCC(C)Oc1c(Cl)cc(C=C2SC(=O)N(CC(=O)Nc3ccccc3)C2=O)cc1OC. The Morgan fingerprint density at radius 2 is 1.97 bits per heavy atom. The molecule has 9 heteroatoms. The average molecular weight is 475 g/mol. The predicted octanol–water partition coefficient (Wildman–Crippen LogP) is 5.20. The van der Waals surface area contributed by atoms with Gasteiger partial charge in [0.15, 0.2) is 11.5 Å². The molecule has 0 radical (unpaired) electrons. The van der Waals surface area contributed by atoms with Crippen molar-refractivity contribution < 1.29 is 23.9 Å². The van der Waals surface area contributed by atoms with Gasteiger partial charge in [-0.15, -0.1) is 0 Å². The monoisotopic (exact) mass is 474 g/mol. The highest BCUT2D eigenvalue weighted by molar-refractivity contribution is 8.18. The number of imide groups is 1. The van der Waals surface area contributed by atoms with Crippen molar-refractivity contribution in [1.82, 2.24) is 4.90 Å². The summed E-state index contributed by atoms with van der Waals surface area (Å²) in [5, 5.41) is 2.48. The normalized spacial score (nSPS) is 15.8. The molecule has 2 aromatic carbocycles. The smallest absolute Gasteiger partial charge is 0.294 e. The predicted molar refractivity (Wildman–Crippen MR) is 126 cm³/mol. The Labute approximate surface area is 195 Å². The summed E-state index contributed by atoms with van der Waals surface area (Å²) in [7, 11) is 1.50. The molecule has 1 N–H and O–H groups in total. The maximum Gasteiger partial charge on any atom is 0.294 e. The van der Waals surface area contributed by atoms with Gasteiger partial charge in [0, 0.05) is 5.69 Å². The number of methoxy groups -OCH3 is 1. The minimum Gasteiger partial charge on any atom is -0.493 e. The molecule has 0 bridgehead atoms. The van der Waals surface area contributed by atoms with Crippen molar-refractivity contribution in [1.29, 1.82) is 0 Å². The maximum absolute atomic E-state index is 12.7. The number of ether oxygens (including phenoxy) is 2. The molecule has 0 saturated carbocycles. The summed E-state index contributed by atoms with van der Waals surface area (Å²) in [5.74, 6) is -0.161. The van der Waals surface area contributed by atoms with Gasteiger partial charge >= 0.3 is 0 Å². The van der Waals surface area contributed by atoms with Gasteiger partial charge in [-0.3, -0.25) is 19.3 Å². The molecule has 7 nitrogen and oxygen atoms in total. The van der Waals surface area contributed by atoms with Gasteiger partial charge < -0.3 is 14.8 Å². The first kappa shape index (κ1) is 23.7. The first-order valence-corrected chi connectivity index (χ1v) is 11.2. The van der Waals surface area contributed by atoms with Crippen molar-refractivity contribution in [2.24, 2.45) is 0 Å². The lowest BCUT2D eigenvalue weighted by Gasteiger charge is -2.17. The van der Waals surface area contributed by atoms with Crippen LogP contribution in [-0.4, -0.2) is 41.7 Å². The van der Waals surface area contributed by atoms with Crippen LogP contribution < -0.4 is 14.8 Å². The second-order valence-corrected chi connectivity index (χ2v) is 8.45. The van der Waals surface area contributed by atoms with E-state index in [0.29, 0.717) is 27.8 Å². The molecule has 2 aromatic rings. The zero-order valence-electron chi connectivity index (χ0n) is 17.9. The first-order valence-electron chi connectivity index (χ1n) is 9.96. The molecule has 1 atom stereocenters. The molecule has 1 aliphatic heterocycles. The number of carbonyl (C=O) groups is 3. The number of hydrogen-bond acceptors (Lipinski definition) is 6. The third kappa shape index (κ3) is 5.63. The van der Waals surface area contributed by atoms with Gasteiger partial charge in [0.2, 0.25) is 5.91 Å². The summed E-state index contributed by atoms with van der Waals surface area (Å²) in [5.41, 5.74) is 1.16. The van der Waals surface area contributed by atoms with Gasteiger partial charge in [-0.2, -0.15) is 0 Å². The Balaban J connectivity index is 1.76. The molecule has 3 amide bonds. The standard InChI is InChI=1S/C23H23ClN2O5S/c1-4-14(2)31-21-17(24)10-15(11-18(21)30-3)12-19-22(28)26(23(29)32-19)13-20(27)25-16-8-6-5-7-9-16/h5-12,14H,4,13H2,1-3H3,(H,25,27). The van der Waals surface area contributed by atoms with Crippen LogP contribution in [0.3, 0.4) is 0 Å². The van der Waals surface area contributed by atoms with E-state index in [0.717, 1.165) is 23.1 Å². The zero-order valence-corrected chi connectivity index (χ0v) is 19.5. The second kappa shape index (κ2) is 10.6. The Morgan fingerprint density at radius 1 is 1.25 bits per heavy atom. The number of halogens is 1. The van der Waals surface area contributed by atoms with Gasteiger partial charge in [0.05, 0.1) is 23.1 Å². The summed E-state index contributed by atoms with van der Waals surface area (Å²) in [6.45, 7) is 3.55. The third-order valence-electron chi connectivity index (χ3n) is 4.68. The largest absolute Gasteiger partial charge is 0.493 e. The lowest BCUT2D eigenvalue weighted by Crippen LogP contribution is -2.36. The van der Waals surface area contributed by atoms with Gasteiger partial charge in [-0.25, -0.2) is 0 Å². The van der Waals surface area contributed by atoms with Gasteiger partial charge in [0.25, 0.3) is 11.1 Å². The van der Waals surface area contributed by atoms with Crippen molar-refractivity contribution in [3.05, 3.63) is 58.0 Å². The number of nitrogens with zero attached hydrogens (tertiary/aromatic N) is 1. The van der Waals surface area contributed by atoms with E-state index in [9.17, 15) is 14.4 Å². The van der Waals surface area contributed by atoms with Crippen LogP contribution in [0.5, 0.6) is 11.5 Å². The number of thioether (sulfide) groups is 1. The van der Waals surface area contributed by atoms with Crippen LogP contribution in [0.4, 0.5) is 10.5 Å². The highest BCUT2D eigenvalue weighted by Crippen LogP contribution is 2.39. The fourth-order valence-corrected chi connectivity index (χ4v) is 3.98. The minimum absolute atomic E-state index is 0.0502. The van der Waals surface area contributed by atoms with Crippen molar-refractivity contribution in [2.45, 2.75) is 26.4 Å². The maximum atomic E-state index is 12.7. The van der Waals surface area contributed by atoms with Crippen molar-refractivity contribution in [3.63, 3.8) is 0 Å².